The van der Waals surface area contributed by atoms with Crippen molar-refractivity contribution < 1.29 is 0 Å². The van der Waals surface area contributed by atoms with Gasteiger partial charge in [0.1, 0.15) is 5.69 Å². The van der Waals surface area contributed by atoms with Crippen LogP contribution in [0, 0.1) is 0 Å². The highest BCUT2D eigenvalue weighted by molar-refractivity contribution is 6.16. The normalized spacial score (nSPS) is 10.8. The van der Waals surface area contributed by atoms with E-state index in [1.165, 1.54) is 6.07 Å². The first-order valence-corrected chi connectivity index (χ1v) is 6.32. The summed E-state index contributed by atoms with van der Waals surface area (Å²) in [4.78, 5) is 22.9. The molecule has 0 saturated carbocycles. The van der Waals surface area contributed by atoms with Crippen molar-refractivity contribution >= 4 is 22.4 Å². The van der Waals surface area contributed by atoms with Crippen LogP contribution in [0.25, 0.3) is 22.3 Å². The van der Waals surface area contributed by atoms with E-state index < -0.39 is 0 Å². The van der Waals surface area contributed by atoms with Crippen LogP contribution in [0.3, 0.4) is 0 Å². The molecule has 0 atom stereocenters. The number of nitrogens with zero attached hydrogens (tertiary/aromatic N) is 2. The molecule has 0 amide bonds. The second-order valence-electron chi connectivity index (χ2n) is 4.10. The van der Waals surface area contributed by atoms with Crippen molar-refractivity contribution in [3.05, 3.63) is 58.6 Å². The lowest BCUT2D eigenvalue weighted by atomic mass is 10.1. The number of benzene rings is 1. The molecule has 0 aliphatic carbocycles. The summed E-state index contributed by atoms with van der Waals surface area (Å²) in [5, 5.41) is 1.99. The zero-order chi connectivity index (χ0) is 13.2. The smallest absolute Gasteiger partial charge is 0.251 e. The summed E-state index contributed by atoms with van der Waals surface area (Å²) in [6.07, 6.45) is 1.70. The van der Waals surface area contributed by atoms with Gasteiger partial charge >= 0.3 is 0 Å². The highest BCUT2D eigenvalue weighted by Crippen LogP contribution is 2.23. The lowest BCUT2D eigenvalue weighted by Crippen LogP contribution is -2.10. The van der Waals surface area contributed by atoms with E-state index in [1.54, 1.807) is 6.20 Å². The first-order valence-electron chi connectivity index (χ1n) is 5.78. The van der Waals surface area contributed by atoms with Crippen LogP contribution in [0.2, 0.25) is 0 Å². The fourth-order valence-corrected chi connectivity index (χ4v) is 2.13. The van der Waals surface area contributed by atoms with Crippen LogP contribution in [-0.2, 0) is 5.88 Å². The summed E-state index contributed by atoms with van der Waals surface area (Å²) in [5.41, 5.74) is 0.965. The molecule has 0 fully saturated rings. The molecular weight excluding hydrogens is 262 g/mol. The van der Waals surface area contributed by atoms with Gasteiger partial charge in [0.2, 0.25) is 0 Å². The van der Waals surface area contributed by atoms with Gasteiger partial charge in [0, 0.05) is 17.6 Å². The van der Waals surface area contributed by atoms with Gasteiger partial charge in [0.15, 0.2) is 5.82 Å². The summed E-state index contributed by atoms with van der Waals surface area (Å²) in [5.74, 6) is 0.641. The third-order valence-electron chi connectivity index (χ3n) is 2.83. The Hall–Kier alpha value is -2.20. The monoisotopic (exact) mass is 271 g/mol. The van der Waals surface area contributed by atoms with E-state index in [0.29, 0.717) is 17.2 Å². The molecule has 0 aliphatic heterocycles. The van der Waals surface area contributed by atoms with Crippen LogP contribution >= 0.6 is 11.6 Å². The molecule has 1 aromatic carbocycles. The zero-order valence-corrected chi connectivity index (χ0v) is 10.7. The molecule has 2 heterocycles. The van der Waals surface area contributed by atoms with E-state index in [0.717, 1.165) is 10.8 Å². The molecule has 94 valence electrons. The van der Waals surface area contributed by atoms with E-state index >= 15 is 0 Å². The number of alkyl halides is 1. The molecule has 0 saturated heterocycles. The van der Waals surface area contributed by atoms with E-state index in [1.807, 2.05) is 30.3 Å². The Kier molecular flexibility index (Phi) is 3.01. The van der Waals surface area contributed by atoms with Gasteiger partial charge in [0.25, 0.3) is 5.56 Å². The quantitative estimate of drug-likeness (QED) is 0.729. The molecular formula is C14H10ClN3O. The molecule has 3 rings (SSSR count). The Morgan fingerprint density at radius 3 is 2.89 bits per heavy atom. The molecule has 0 radical (unpaired) electrons. The lowest BCUT2D eigenvalue weighted by molar-refractivity contribution is 1.05. The number of halogens is 1. The minimum absolute atomic E-state index is 0.196. The highest BCUT2D eigenvalue weighted by Gasteiger charge is 2.08. The third kappa shape index (κ3) is 2.22. The number of fused-ring (bicyclic) bond motifs is 1. The number of aromatic amines is 1. The van der Waals surface area contributed by atoms with Crippen LogP contribution in [0.4, 0.5) is 0 Å². The topological polar surface area (TPSA) is 58.6 Å². The summed E-state index contributed by atoms with van der Waals surface area (Å²) in [7, 11) is 0. The number of rotatable bonds is 2. The summed E-state index contributed by atoms with van der Waals surface area (Å²) < 4.78 is 0. The van der Waals surface area contributed by atoms with Crippen molar-refractivity contribution in [2.24, 2.45) is 0 Å². The largest absolute Gasteiger partial charge is 0.305 e. The first kappa shape index (κ1) is 11.9. The van der Waals surface area contributed by atoms with Crippen molar-refractivity contribution in [2.45, 2.75) is 5.88 Å². The van der Waals surface area contributed by atoms with Crippen LogP contribution in [0.1, 0.15) is 5.69 Å². The average molecular weight is 272 g/mol. The molecule has 0 aliphatic rings. The predicted octanol–water partition coefficient (Wildman–Crippen LogP) is 2.72. The predicted molar refractivity (Wildman–Crippen MR) is 75.2 cm³/mol. The second kappa shape index (κ2) is 4.82. The molecule has 0 bridgehead atoms. The number of aromatic nitrogens is 3. The summed E-state index contributed by atoms with van der Waals surface area (Å²) in [6, 6.07) is 11.1. The maximum atomic E-state index is 11.6. The van der Waals surface area contributed by atoms with Gasteiger partial charge in [-0.25, -0.2) is 4.98 Å². The number of hydrogen-bond acceptors (Lipinski definition) is 3. The van der Waals surface area contributed by atoms with E-state index in [2.05, 4.69) is 15.0 Å². The van der Waals surface area contributed by atoms with Crippen molar-refractivity contribution in [3.63, 3.8) is 0 Å². The van der Waals surface area contributed by atoms with E-state index in [9.17, 15) is 4.79 Å². The minimum Gasteiger partial charge on any atom is -0.305 e. The van der Waals surface area contributed by atoms with Crippen LogP contribution < -0.4 is 5.56 Å². The van der Waals surface area contributed by atoms with E-state index in [4.69, 9.17) is 11.6 Å². The van der Waals surface area contributed by atoms with Crippen molar-refractivity contribution in [3.8, 4) is 11.5 Å². The number of nitrogens with one attached hydrogen (secondary N) is 1. The molecule has 5 heteroatoms. The van der Waals surface area contributed by atoms with Gasteiger partial charge < -0.3 is 4.98 Å². The Morgan fingerprint density at radius 2 is 2.05 bits per heavy atom. The molecule has 4 nitrogen and oxygen atoms in total. The maximum Gasteiger partial charge on any atom is 0.251 e. The number of pyridine rings is 1. The second-order valence-corrected chi connectivity index (χ2v) is 4.37. The van der Waals surface area contributed by atoms with Crippen LogP contribution in [-0.4, -0.2) is 15.0 Å². The standard InChI is InChI=1S/C14H10ClN3O/c15-8-10-7-12(19)18-14(17-10)13-11-4-2-1-3-9(11)5-6-16-13/h1-7H,8H2,(H,17,18,19). The highest BCUT2D eigenvalue weighted by atomic mass is 35.5. The third-order valence-corrected chi connectivity index (χ3v) is 3.10. The lowest BCUT2D eigenvalue weighted by Gasteiger charge is -2.05. The van der Waals surface area contributed by atoms with Crippen molar-refractivity contribution in [1.29, 1.82) is 0 Å². The Bertz CT molecular complexity index is 793. The van der Waals surface area contributed by atoms with Gasteiger partial charge in [-0.2, -0.15) is 0 Å². The fraction of sp³-hybridized carbons (Fsp3) is 0.0714. The minimum atomic E-state index is -0.226. The number of hydrogen-bond donors (Lipinski definition) is 1. The molecule has 19 heavy (non-hydrogen) atoms. The summed E-state index contributed by atoms with van der Waals surface area (Å²) >= 11 is 5.74. The number of H-pyrrole nitrogens is 1. The fourth-order valence-electron chi connectivity index (χ4n) is 2.00. The van der Waals surface area contributed by atoms with Crippen molar-refractivity contribution in [1.82, 2.24) is 15.0 Å². The molecule has 1 N–H and O–H groups in total. The average Bonchev–Trinajstić information content (AvgIpc) is 2.46. The van der Waals surface area contributed by atoms with Crippen molar-refractivity contribution in [2.75, 3.05) is 0 Å². The van der Waals surface area contributed by atoms with Crippen LogP contribution in [0.5, 0.6) is 0 Å². The Balaban J connectivity index is 2.30. The maximum absolute atomic E-state index is 11.6. The molecule has 2 aromatic heterocycles. The molecule has 0 spiro atoms. The van der Waals surface area contributed by atoms with Gasteiger partial charge in [-0.15, -0.1) is 11.6 Å². The van der Waals surface area contributed by atoms with E-state index in [-0.39, 0.29) is 11.4 Å². The zero-order valence-electron chi connectivity index (χ0n) is 9.93. The molecule has 3 aromatic rings. The van der Waals surface area contributed by atoms with Gasteiger partial charge in [-0.3, -0.25) is 9.78 Å². The molecule has 0 unspecified atom stereocenters. The SMILES string of the molecule is O=c1cc(CCl)nc(-c2nccc3ccccc23)[nH]1. The summed E-state index contributed by atoms with van der Waals surface area (Å²) in [6.45, 7) is 0. The van der Waals surface area contributed by atoms with Gasteiger partial charge in [-0.05, 0) is 11.5 Å². The first-order chi connectivity index (χ1) is 9.28. The van der Waals surface area contributed by atoms with Gasteiger partial charge in [0.05, 0.1) is 11.6 Å². The van der Waals surface area contributed by atoms with Crippen LogP contribution in [0.15, 0.2) is 47.4 Å². The van der Waals surface area contributed by atoms with Gasteiger partial charge in [-0.1, -0.05) is 24.3 Å². The Labute approximate surface area is 114 Å². The Morgan fingerprint density at radius 1 is 1.21 bits per heavy atom.